The van der Waals surface area contributed by atoms with Gasteiger partial charge in [0.1, 0.15) is 0 Å². The van der Waals surface area contributed by atoms with Crippen LogP contribution in [0.2, 0.25) is 0 Å². The van der Waals surface area contributed by atoms with Gasteiger partial charge in [0.25, 0.3) is 0 Å². The maximum Gasteiger partial charge on any atom is -0.0771 e. The van der Waals surface area contributed by atoms with E-state index in [-0.39, 0.29) is 30.2 Å². The molecule has 0 radical (unpaired) electrons. The van der Waals surface area contributed by atoms with Crippen molar-refractivity contribution in [3.63, 3.8) is 0 Å². The molecule has 0 bridgehead atoms. The van der Waals surface area contributed by atoms with E-state index in [0.717, 1.165) is 0 Å². The van der Waals surface area contributed by atoms with Gasteiger partial charge in [-0.2, -0.15) is 18.2 Å². The van der Waals surface area contributed by atoms with Crippen molar-refractivity contribution in [3.8, 4) is 0 Å². The van der Waals surface area contributed by atoms with Crippen LogP contribution in [-0.4, -0.2) is 5.43 Å². The molecule has 0 atom stereocenters. The second kappa shape index (κ2) is 16.5. The van der Waals surface area contributed by atoms with Crippen LogP contribution in [0.25, 0.3) is 21.5 Å². The van der Waals surface area contributed by atoms with Crippen molar-refractivity contribution in [2.75, 3.05) is 0 Å². The Morgan fingerprint density at radius 1 is 0.500 bits per heavy atom. The van der Waals surface area contributed by atoms with Gasteiger partial charge in [-0.1, -0.05) is 36.4 Å². The molecule has 0 aromatic heterocycles. The molecule has 0 aliphatic carbocycles. The van der Waals surface area contributed by atoms with Gasteiger partial charge in [0.05, 0.1) is 0 Å². The fraction of sp³-hybridized carbons (Fsp3) is 0.0625. The predicted molar refractivity (Wildman–Crippen MR) is 145 cm³/mol. The molecule has 0 amide bonds. The fourth-order valence-electron chi connectivity index (χ4n) is 3.97. The molecular weight excluding hydrogens is 575 g/mol. The Morgan fingerprint density at radius 2 is 0.889 bits per heavy atom. The molecule has 0 unspecified atom stereocenters. The molecule has 0 spiro atoms. The summed E-state index contributed by atoms with van der Waals surface area (Å²) in [4.78, 5) is 0. The van der Waals surface area contributed by atoms with Crippen LogP contribution in [0.1, 0.15) is 11.1 Å². The maximum absolute atomic E-state index is 2.25. The molecule has 6 aromatic carbocycles. The topological polar surface area (TPSA) is 0 Å². The van der Waals surface area contributed by atoms with Crippen LogP contribution in [0.15, 0.2) is 146 Å². The summed E-state index contributed by atoms with van der Waals surface area (Å²) < 4.78 is 0. The second-order valence-corrected chi connectivity index (χ2v) is 15.3. The summed E-state index contributed by atoms with van der Waals surface area (Å²) in [6.45, 7) is 0. The van der Waals surface area contributed by atoms with E-state index in [1.807, 2.05) is 30.3 Å². The first-order chi connectivity index (χ1) is 16.8. The first-order valence-electron chi connectivity index (χ1n) is 11.6. The average Bonchev–Trinajstić information content (AvgIpc) is 3.58. The minimum absolute atomic E-state index is 0. The molecule has 0 aliphatic heterocycles. The van der Waals surface area contributed by atoms with Crippen molar-refractivity contribution < 1.29 is 48.1 Å². The molecule has 0 N–H and O–H groups in total. The van der Waals surface area contributed by atoms with Crippen LogP contribution in [-0.2, 0) is 35.4 Å². The quantitative estimate of drug-likeness (QED) is 0.215. The summed E-state index contributed by atoms with van der Waals surface area (Å²) in [5.74, 6) is 0. The standard InChI is InChI=1S/C14H14Si.C13H9.C5H5.2ClH.Zr/c1-3-7-13(8-4-1)11-15-12-14-9-5-2-6-10-14;1-3-7-12-10(5-1)9-11-6-2-4-8-13(11)12;1-2-4-5-3-1;;;/h1-10H,11-12H2;1-9H;1-5H;2*1H;/q;2*-1;;;+2/p-2. The van der Waals surface area contributed by atoms with Crippen LogP contribution in [0.3, 0.4) is 0 Å². The molecule has 0 aliphatic rings. The van der Waals surface area contributed by atoms with E-state index in [2.05, 4.69) is 115 Å². The van der Waals surface area contributed by atoms with E-state index in [0.29, 0.717) is 0 Å². The molecule has 6 aromatic rings. The summed E-state index contributed by atoms with van der Waals surface area (Å²) in [5, 5.41) is 5.39. The van der Waals surface area contributed by atoms with Gasteiger partial charge in [0.2, 0.25) is 0 Å². The van der Waals surface area contributed by atoms with Gasteiger partial charge in [-0.15, -0.1) is 39.7 Å². The van der Waals surface area contributed by atoms with Crippen LogP contribution >= 0.6 is 0 Å². The first kappa shape index (κ1) is 30.0. The molecule has 6 rings (SSSR count). The average molecular weight is 603 g/mol. The number of halogens is 2. The van der Waals surface area contributed by atoms with Crippen molar-refractivity contribution in [1.82, 2.24) is 0 Å². The van der Waals surface area contributed by atoms with Crippen molar-refractivity contribution in [1.29, 1.82) is 0 Å². The fourth-order valence-corrected chi connectivity index (χ4v) is 8.56. The van der Waals surface area contributed by atoms with Crippen LogP contribution in [0.5, 0.6) is 0 Å². The third-order valence-electron chi connectivity index (χ3n) is 5.60. The number of hydrogen-bond donors (Lipinski definition) is 0. The van der Waals surface area contributed by atoms with E-state index in [1.165, 1.54) is 44.8 Å². The van der Waals surface area contributed by atoms with E-state index >= 15 is 0 Å². The SMILES string of the molecule is [Cl-].[Cl-].[Zr+2]=[Si](Cc1ccccc1)Cc1ccccc1.c1cc[cH-]c1.c1ccc2c(c1)[cH-]c1ccccc12. The van der Waals surface area contributed by atoms with Crippen molar-refractivity contribution >= 4 is 27.0 Å². The van der Waals surface area contributed by atoms with Crippen molar-refractivity contribution in [2.24, 2.45) is 0 Å². The first-order valence-corrected chi connectivity index (χ1v) is 17.2. The molecule has 4 heteroatoms. The smallest absolute Gasteiger partial charge is 0.0771 e. The number of hydrogen-bond acceptors (Lipinski definition) is 0. The minimum Gasteiger partial charge on any atom is -0.214 e. The Kier molecular flexibility index (Phi) is 13.8. The van der Waals surface area contributed by atoms with Crippen molar-refractivity contribution in [2.45, 2.75) is 12.1 Å². The van der Waals surface area contributed by atoms with E-state index in [1.54, 1.807) is 23.3 Å². The molecule has 180 valence electrons. The summed E-state index contributed by atoms with van der Waals surface area (Å²) in [6.07, 6.45) is 0. The van der Waals surface area contributed by atoms with Gasteiger partial charge in [-0.3, -0.25) is 0 Å². The second-order valence-electron chi connectivity index (χ2n) is 8.21. The predicted octanol–water partition coefficient (Wildman–Crippen LogP) is 2.21. The van der Waals surface area contributed by atoms with Gasteiger partial charge in [-0.25, -0.2) is 12.1 Å². The molecule has 0 nitrogen and oxygen atoms in total. The molecule has 0 saturated carbocycles. The van der Waals surface area contributed by atoms with Crippen LogP contribution in [0.4, 0.5) is 0 Å². The number of fused-ring (bicyclic) bond motifs is 3. The van der Waals surface area contributed by atoms with E-state index in [4.69, 9.17) is 0 Å². The summed E-state index contributed by atoms with van der Waals surface area (Å²) in [5.41, 5.74) is 2.80. The van der Waals surface area contributed by atoms with E-state index < -0.39 is 0 Å². The van der Waals surface area contributed by atoms with Crippen LogP contribution in [0, 0.1) is 0 Å². The third-order valence-corrected chi connectivity index (χ3v) is 9.88. The third kappa shape index (κ3) is 9.34. The summed E-state index contributed by atoms with van der Waals surface area (Å²) >= 11 is 1.73. The number of rotatable bonds is 4. The Labute approximate surface area is 242 Å². The largest absolute Gasteiger partial charge is 0.214 e. The normalized spacial score (nSPS) is 9.61. The molecule has 0 fully saturated rings. The van der Waals surface area contributed by atoms with Gasteiger partial charge in [0, 0.05) is 0 Å². The maximum atomic E-state index is 2.25. The number of benzene rings is 4. The Bertz CT molecular complexity index is 1300. The van der Waals surface area contributed by atoms with Crippen LogP contribution < -0.4 is 24.8 Å². The van der Waals surface area contributed by atoms with Gasteiger partial charge in [-0.05, 0) is 0 Å². The van der Waals surface area contributed by atoms with Gasteiger partial charge >= 0.3 is 113 Å². The van der Waals surface area contributed by atoms with Gasteiger partial charge in [0.15, 0.2) is 0 Å². The Hall–Kier alpha value is -2.22. The zero-order valence-corrected chi connectivity index (χ0v) is 25.0. The molecular formula is C32H28Cl2SiZr-2. The zero-order chi connectivity index (χ0) is 23.4. The van der Waals surface area contributed by atoms with Crippen molar-refractivity contribution in [3.05, 3.63) is 157 Å². The molecule has 36 heavy (non-hydrogen) atoms. The zero-order valence-electron chi connectivity index (χ0n) is 20.0. The summed E-state index contributed by atoms with van der Waals surface area (Å²) in [6, 6.07) is 53.6. The monoisotopic (exact) mass is 600 g/mol. The molecule has 0 heterocycles. The minimum atomic E-state index is -0.204. The Balaban J connectivity index is 0.000000205. The molecule has 0 saturated heterocycles. The Morgan fingerprint density at radius 3 is 1.28 bits per heavy atom. The van der Waals surface area contributed by atoms with Gasteiger partial charge < -0.3 is 24.8 Å². The summed E-state index contributed by atoms with van der Waals surface area (Å²) in [7, 11) is 0. The van der Waals surface area contributed by atoms with E-state index in [9.17, 15) is 0 Å².